The second kappa shape index (κ2) is 4.29. The lowest BCUT2D eigenvalue weighted by Crippen LogP contribution is -2.58. The van der Waals surface area contributed by atoms with E-state index in [0.717, 1.165) is 12.3 Å². The molecular weight excluding hydrogens is 262 g/mol. The van der Waals surface area contributed by atoms with Crippen molar-refractivity contribution in [1.29, 1.82) is 0 Å². The lowest BCUT2D eigenvalue weighted by Gasteiger charge is -2.50. The molecule has 0 radical (unpaired) electrons. The molecule has 3 aliphatic rings. The zero-order valence-electron chi connectivity index (χ0n) is 11.1. The first-order chi connectivity index (χ1) is 8.71. The highest BCUT2D eigenvalue weighted by atomic mass is 35.5. The van der Waals surface area contributed by atoms with Crippen molar-refractivity contribution in [3.63, 3.8) is 0 Å². The highest BCUT2D eigenvalue weighted by Crippen LogP contribution is 2.56. The zero-order chi connectivity index (χ0) is 12.3. The number of hydrogen-bond acceptors (Lipinski definition) is 3. The minimum Gasteiger partial charge on any atom is -0.504 e. The van der Waals surface area contributed by atoms with Crippen LogP contribution in [-0.4, -0.2) is 35.7 Å². The zero-order valence-corrected chi connectivity index (χ0v) is 11.9. The topological polar surface area (TPSA) is 32.7 Å². The normalized spacial score (nSPS) is 35.8. The van der Waals surface area contributed by atoms with Crippen molar-refractivity contribution in [2.45, 2.75) is 43.2 Å². The molecule has 0 amide bonds. The van der Waals surface area contributed by atoms with Gasteiger partial charge < -0.3 is 9.84 Å². The summed E-state index contributed by atoms with van der Waals surface area (Å²) in [6, 6.07) is 6.53. The number of likely N-dealkylation sites (N-methyl/N-ethyl adjacent to an activating group) is 1. The fourth-order valence-electron chi connectivity index (χ4n) is 4.28. The Hall–Kier alpha value is -0.930. The Morgan fingerprint density at radius 2 is 2.26 bits per heavy atom. The van der Waals surface area contributed by atoms with Crippen LogP contribution in [0.25, 0.3) is 0 Å². The first-order valence-corrected chi connectivity index (χ1v) is 6.90. The van der Waals surface area contributed by atoms with Gasteiger partial charge in [0.2, 0.25) is 0 Å². The summed E-state index contributed by atoms with van der Waals surface area (Å²) < 4.78 is 6.10. The molecule has 2 aliphatic heterocycles. The number of para-hydroxylation sites is 1. The fraction of sp³-hybridized carbons (Fsp3) is 0.600. The van der Waals surface area contributed by atoms with Crippen LogP contribution in [0.15, 0.2) is 18.2 Å². The molecule has 104 valence electrons. The van der Waals surface area contributed by atoms with Crippen LogP contribution in [-0.2, 0) is 5.41 Å². The first-order valence-electron chi connectivity index (χ1n) is 6.90. The molecule has 1 spiro atoms. The minimum absolute atomic E-state index is 0. The molecule has 1 N–H and O–H groups in total. The summed E-state index contributed by atoms with van der Waals surface area (Å²) in [6.07, 6.45) is 5.19. The van der Waals surface area contributed by atoms with Crippen molar-refractivity contribution in [1.82, 2.24) is 4.90 Å². The van der Waals surface area contributed by atoms with Gasteiger partial charge in [0.25, 0.3) is 0 Å². The Morgan fingerprint density at radius 3 is 3.11 bits per heavy atom. The summed E-state index contributed by atoms with van der Waals surface area (Å²) in [4.78, 5) is 2.44. The van der Waals surface area contributed by atoms with Gasteiger partial charge >= 0.3 is 0 Å². The van der Waals surface area contributed by atoms with Crippen LogP contribution >= 0.6 is 12.4 Å². The molecule has 1 aromatic rings. The van der Waals surface area contributed by atoms with Crippen LogP contribution in [0.3, 0.4) is 0 Å². The Bertz CT molecular complexity index is 507. The molecule has 3 atom stereocenters. The maximum Gasteiger partial charge on any atom is 0.165 e. The molecule has 19 heavy (non-hydrogen) atoms. The van der Waals surface area contributed by atoms with Gasteiger partial charge in [0, 0.05) is 23.6 Å². The Morgan fingerprint density at radius 1 is 1.42 bits per heavy atom. The maximum atomic E-state index is 10.00. The summed E-state index contributed by atoms with van der Waals surface area (Å²) in [5.74, 6) is 1.06. The molecule has 1 aliphatic carbocycles. The molecule has 2 heterocycles. The van der Waals surface area contributed by atoms with Crippen molar-refractivity contribution in [2.24, 2.45) is 0 Å². The monoisotopic (exact) mass is 281 g/mol. The fourth-order valence-corrected chi connectivity index (χ4v) is 4.28. The van der Waals surface area contributed by atoms with E-state index < -0.39 is 0 Å². The molecule has 4 heteroatoms. The standard InChI is InChI=1S/C15H19NO2.ClH/c1-16-9-13-15(7-3-4-10(16)8-15)11-5-2-6-12(17)14(11)18-13;/h2,5-6,10,13,17H,3-4,7-9H2,1H3;1H/t10-,13-,15-;/m0./s1. The van der Waals surface area contributed by atoms with Crippen LogP contribution in [0.2, 0.25) is 0 Å². The number of likely N-dealkylation sites (tertiary alicyclic amines) is 1. The molecule has 2 bridgehead atoms. The largest absolute Gasteiger partial charge is 0.504 e. The number of rotatable bonds is 0. The van der Waals surface area contributed by atoms with Crippen molar-refractivity contribution in [3.05, 3.63) is 23.8 Å². The summed E-state index contributed by atoms with van der Waals surface area (Å²) in [5.41, 5.74) is 1.43. The van der Waals surface area contributed by atoms with Gasteiger partial charge in [-0.15, -0.1) is 12.4 Å². The quantitative estimate of drug-likeness (QED) is 0.794. The van der Waals surface area contributed by atoms with Crippen LogP contribution < -0.4 is 4.74 Å². The number of aromatic hydroxyl groups is 1. The highest BCUT2D eigenvalue weighted by Gasteiger charge is 2.55. The van der Waals surface area contributed by atoms with Crippen LogP contribution in [0.5, 0.6) is 11.5 Å². The van der Waals surface area contributed by atoms with E-state index >= 15 is 0 Å². The van der Waals surface area contributed by atoms with Crippen molar-refractivity contribution in [2.75, 3.05) is 13.6 Å². The number of phenolic OH excluding ortho intramolecular Hbond substituents is 1. The SMILES string of the molecule is CN1C[C@@H]2Oc3c(O)cccc3[C@@]23CCC[C@H]1C3.Cl. The summed E-state index contributed by atoms with van der Waals surface area (Å²) >= 11 is 0. The number of nitrogens with zero attached hydrogens (tertiary/aromatic N) is 1. The van der Waals surface area contributed by atoms with E-state index in [1.807, 2.05) is 6.07 Å². The lowest BCUT2D eigenvalue weighted by molar-refractivity contribution is -0.00908. The van der Waals surface area contributed by atoms with E-state index in [4.69, 9.17) is 4.74 Å². The average molecular weight is 282 g/mol. The van der Waals surface area contributed by atoms with Crippen LogP contribution in [0.1, 0.15) is 31.2 Å². The Labute approximate surface area is 120 Å². The van der Waals surface area contributed by atoms with Crippen molar-refractivity contribution < 1.29 is 9.84 Å². The number of piperidine rings is 1. The van der Waals surface area contributed by atoms with E-state index in [0.29, 0.717) is 11.8 Å². The van der Waals surface area contributed by atoms with Gasteiger partial charge in [-0.25, -0.2) is 0 Å². The number of halogens is 1. The third-order valence-corrected chi connectivity index (χ3v) is 5.24. The van der Waals surface area contributed by atoms with Gasteiger partial charge in [0.15, 0.2) is 11.5 Å². The summed E-state index contributed by atoms with van der Waals surface area (Å²) in [6.45, 7) is 0.985. The average Bonchev–Trinajstić information content (AvgIpc) is 2.66. The molecule has 3 nitrogen and oxygen atoms in total. The highest BCUT2D eigenvalue weighted by molar-refractivity contribution is 5.85. The van der Waals surface area contributed by atoms with Gasteiger partial charge in [-0.3, -0.25) is 4.90 Å². The van der Waals surface area contributed by atoms with E-state index in [-0.39, 0.29) is 23.9 Å². The minimum atomic E-state index is 0. The number of phenols is 1. The van der Waals surface area contributed by atoms with Gasteiger partial charge in [0.1, 0.15) is 6.10 Å². The van der Waals surface area contributed by atoms with E-state index in [1.54, 1.807) is 6.07 Å². The molecule has 1 saturated carbocycles. The number of fused-ring (bicyclic) bond motifs is 2. The first kappa shape index (κ1) is 13.1. The van der Waals surface area contributed by atoms with Gasteiger partial charge in [-0.2, -0.15) is 0 Å². The van der Waals surface area contributed by atoms with Gasteiger partial charge in [-0.1, -0.05) is 18.6 Å². The number of ether oxygens (including phenoxy) is 1. The molecule has 1 saturated heterocycles. The van der Waals surface area contributed by atoms with Crippen molar-refractivity contribution >= 4 is 12.4 Å². The van der Waals surface area contributed by atoms with Gasteiger partial charge in [0.05, 0.1) is 0 Å². The lowest BCUT2D eigenvalue weighted by atomic mass is 9.63. The molecule has 4 rings (SSSR count). The molecule has 0 unspecified atom stereocenters. The van der Waals surface area contributed by atoms with E-state index in [2.05, 4.69) is 18.0 Å². The van der Waals surface area contributed by atoms with Crippen LogP contribution in [0.4, 0.5) is 0 Å². The number of benzene rings is 1. The second-order valence-corrected chi connectivity index (χ2v) is 6.11. The molecule has 1 aromatic carbocycles. The second-order valence-electron chi connectivity index (χ2n) is 6.11. The maximum absolute atomic E-state index is 10.00. The Kier molecular flexibility index (Phi) is 2.95. The predicted molar refractivity (Wildman–Crippen MR) is 76.3 cm³/mol. The third kappa shape index (κ3) is 1.61. The summed E-state index contributed by atoms with van der Waals surface area (Å²) in [5, 5.41) is 10.00. The molecule has 2 fully saturated rings. The smallest absolute Gasteiger partial charge is 0.165 e. The third-order valence-electron chi connectivity index (χ3n) is 5.24. The predicted octanol–water partition coefficient (Wildman–Crippen LogP) is 2.70. The Balaban J connectivity index is 0.00000110. The van der Waals surface area contributed by atoms with Gasteiger partial charge in [-0.05, 0) is 32.4 Å². The van der Waals surface area contributed by atoms with Crippen LogP contribution in [0, 0.1) is 0 Å². The number of hydrogen-bond donors (Lipinski definition) is 1. The molecular formula is C15H20ClNO2. The van der Waals surface area contributed by atoms with E-state index in [1.165, 1.54) is 31.2 Å². The van der Waals surface area contributed by atoms with E-state index in [9.17, 15) is 5.11 Å². The summed E-state index contributed by atoms with van der Waals surface area (Å²) in [7, 11) is 2.20. The van der Waals surface area contributed by atoms with Crippen molar-refractivity contribution in [3.8, 4) is 11.5 Å². The molecule has 0 aromatic heterocycles.